The average Bonchev–Trinajstić information content (AvgIpc) is 3.09. The van der Waals surface area contributed by atoms with Crippen molar-refractivity contribution in [1.82, 2.24) is 9.38 Å². The lowest BCUT2D eigenvalue weighted by Crippen LogP contribution is -2.36. The van der Waals surface area contributed by atoms with E-state index in [1.807, 2.05) is 102 Å². The van der Waals surface area contributed by atoms with Crippen molar-refractivity contribution in [3.63, 3.8) is 0 Å². The molecule has 0 amide bonds. The largest absolute Gasteiger partial charge is 0.388 e. The van der Waals surface area contributed by atoms with Crippen molar-refractivity contribution < 1.29 is 10.2 Å². The Hall–Kier alpha value is -2.37. The average molecular weight is 400 g/mol. The summed E-state index contributed by atoms with van der Waals surface area (Å²) in [6.45, 7) is 16.0. The lowest BCUT2D eigenvalue weighted by Gasteiger charge is -2.35. The quantitative estimate of drug-likeness (QED) is 0.499. The van der Waals surface area contributed by atoms with Gasteiger partial charge in [-0.15, -0.1) is 0 Å². The van der Waals surface area contributed by atoms with Crippen LogP contribution in [0.25, 0.3) is 5.65 Å². The molecular formula is C24H37N3O2. The molecule has 160 valence electrons. The predicted molar refractivity (Wildman–Crippen MR) is 122 cm³/mol. The van der Waals surface area contributed by atoms with Gasteiger partial charge in [-0.1, -0.05) is 71.9 Å². The second-order valence-electron chi connectivity index (χ2n) is 6.09. The molecule has 3 unspecified atom stereocenters. The Morgan fingerprint density at radius 1 is 0.897 bits per heavy atom. The fourth-order valence-electron chi connectivity index (χ4n) is 3.30. The third kappa shape index (κ3) is 4.80. The molecule has 0 bridgehead atoms. The van der Waals surface area contributed by atoms with Crippen LogP contribution < -0.4 is 5.32 Å². The van der Waals surface area contributed by atoms with E-state index in [2.05, 4.69) is 10.3 Å². The van der Waals surface area contributed by atoms with Crippen molar-refractivity contribution in [3.8, 4) is 0 Å². The van der Waals surface area contributed by atoms with E-state index in [1.54, 1.807) is 0 Å². The molecule has 3 atom stereocenters. The summed E-state index contributed by atoms with van der Waals surface area (Å²) in [5.41, 5.74) is 5.21. The molecule has 0 spiro atoms. The van der Waals surface area contributed by atoms with Crippen molar-refractivity contribution in [2.45, 2.75) is 73.6 Å². The molecule has 3 aromatic rings. The minimum absolute atomic E-state index is 0.373. The van der Waals surface area contributed by atoms with Gasteiger partial charge in [-0.25, -0.2) is 4.98 Å². The number of imidazole rings is 1. The van der Waals surface area contributed by atoms with Crippen LogP contribution in [0.4, 0.5) is 5.69 Å². The molecule has 3 N–H and O–H groups in total. The molecule has 29 heavy (non-hydrogen) atoms. The number of fused-ring (bicyclic) bond motifs is 3. The molecule has 2 aromatic heterocycles. The van der Waals surface area contributed by atoms with Crippen molar-refractivity contribution >= 4 is 11.3 Å². The number of nitrogens with zero attached hydrogens (tertiary/aromatic N) is 2. The Labute approximate surface area is 175 Å². The summed E-state index contributed by atoms with van der Waals surface area (Å²) in [5, 5.41) is 24.5. The van der Waals surface area contributed by atoms with Crippen molar-refractivity contribution in [2.24, 2.45) is 0 Å². The van der Waals surface area contributed by atoms with Crippen LogP contribution in [-0.2, 0) is 0 Å². The zero-order chi connectivity index (χ0) is 22.1. The summed E-state index contributed by atoms with van der Waals surface area (Å²) in [6.07, 6.45) is 0.0347. The number of nitrogens with one attached hydrogen (secondary N) is 1. The fraction of sp³-hybridized carbons (Fsp3) is 0.458. The summed E-state index contributed by atoms with van der Waals surface area (Å²) in [4.78, 5) is 4.62. The molecule has 4 rings (SSSR count). The number of anilines is 1. The third-order valence-electron chi connectivity index (χ3n) is 4.74. The second-order valence-corrected chi connectivity index (χ2v) is 6.09. The van der Waals surface area contributed by atoms with Gasteiger partial charge in [0, 0.05) is 17.5 Å². The summed E-state index contributed by atoms with van der Waals surface area (Å²) < 4.78 is 2.01. The predicted octanol–water partition coefficient (Wildman–Crippen LogP) is 5.59. The van der Waals surface area contributed by atoms with Gasteiger partial charge in [0.25, 0.3) is 0 Å². The molecule has 5 nitrogen and oxygen atoms in total. The molecule has 0 fully saturated rings. The number of aliphatic hydroxyl groups excluding tert-OH is 2. The molecule has 0 radical (unpaired) electrons. The lowest BCUT2D eigenvalue weighted by molar-refractivity contribution is 0.00198. The van der Waals surface area contributed by atoms with Gasteiger partial charge in [-0.05, 0) is 25.5 Å². The van der Waals surface area contributed by atoms with E-state index in [0.29, 0.717) is 5.56 Å². The first-order valence-electron chi connectivity index (χ1n) is 10.7. The number of benzene rings is 1. The second kappa shape index (κ2) is 11.6. The van der Waals surface area contributed by atoms with E-state index in [0.717, 1.165) is 28.3 Å². The third-order valence-corrected chi connectivity index (χ3v) is 4.74. The maximum Gasteiger partial charge on any atom is 0.161 e. The summed E-state index contributed by atoms with van der Waals surface area (Å²) in [6, 6.07) is 11.1. The minimum atomic E-state index is -0.946. The standard InChI is InChI=1S/C18H19N3O2.3C2H6/c1-10-11(2)21-9-8-13-15(18(21)19-10)20-14(17(23)16(13)22)12-6-4-3-5-7-12;3*1-2/h3-9,14,16-17,20,22-23H,1-2H3;3*1-2H3. The van der Waals surface area contributed by atoms with Gasteiger partial charge >= 0.3 is 0 Å². The number of aromatic nitrogens is 2. The first-order valence-corrected chi connectivity index (χ1v) is 10.7. The summed E-state index contributed by atoms with van der Waals surface area (Å²) >= 11 is 0. The lowest BCUT2D eigenvalue weighted by atomic mass is 9.89. The zero-order valence-electron chi connectivity index (χ0n) is 19.1. The minimum Gasteiger partial charge on any atom is -0.388 e. The van der Waals surface area contributed by atoms with E-state index in [9.17, 15) is 10.2 Å². The van der Waals surface area contributed by atoms with Gasteiger partial charge in [0.15, 0.2) is 5.65 Å². The monoisotopic (exact) mass is 399 g/mol. The van der Waals surface area contributed by atoms with Crippen LogP contribution in [0, 0.1) is 13.8 Å². The Kier molecular flexibility index (Phi) is 9.86. The molecular weight excluding hydrogens is 362 g/mol. The molecule has 1 aliphatic heterocycles. The SMILES string of the molecule is CC.CC.CC.Cc1nc2c3c(ccn2c1C)C(O)C(O)C(c1ccccc1)N3. The van der Waals surface area contributed by atoms with Gasteiger partial charge in [0.05, 0.1) is 17.4 Å². The highest BCUT2D eigenvalue weighted by molar-refractivity contribution is 5.75. The topological polar surface area (TPSA) is 69.8 Å². The van der Waals surface area contributed by atoms with Gasteiger partial charge < -0.3 is 19.9 Å². The molecule has 5 heteroatoms. The Bertz CT molecular complexity index is 875. The van der Waals surface area contributed by atoms with Crippen LogP contribution in [0.15, 0.2) is 42.6 Å². The first-order chi connectivity index (χ1) is 14.1. The highest BCUT2D eigenvalue weighted by Crippen LogP contribution is 2.41. The van der Waals surface area contributed by atoms with Crippen LogP contribution in [0.2, 0.25) is 0 Å². The van der Waals surface area contributed by atoms with Crippen LogP contribution in [0.3, 0.4) is 0 Å². The maximum atomic E-state index is 10.6. The maximum absolute atomic E-state index is 10.6. The van der Waals surface area contributed by atoms with E-state index < -0.39 is 12.2 Å². The zero-order valence-corrected chi connectivity index (χ0v) is 19.1. The Morgan fingerprint density at radius 3 is 2.07 bits per heavy atom. The van der Waals surface area contributed by atoms with Crippen LogP contribution >= 0.6 is 0 Å². The first kappa shape index (κ1) is 24.7. The van der Waals surface area contributed by atoms with Gasteiger partial charge in [-0.3, -0.25) is 0 Å². The van der Waals surface area contributed by atoms with E-state index in [1.165, 1.54) is 0 Å². The normalized spacial score (nSPS) is 19.3. The number of aliphatic hydroxyl groups is 2. The van der Waals surface area contributed by atoms with Crippen LogP contribution in [0.5, 0.6) is 0 Å². The number of pyridine rings is 1. The van der Waals surface area contributed by atoms with Gasteiger partial charge in [0.2, 0.25) is 0 Å². The molecule has 3 heterocycles. The number of hydrogen-bond donors (Lipinski definition) is 3. The molecule has 0 saturated carbocycles. The van der Waals surface area contributed by atoms with Crippen LogP contribution in [0.1, 0.15) is 76.2 Å². The molecule has 0 saturated heterocycles. The number of aryl methyl sites for hydroxylation is 2. The summed E-state index contributed by atoms with van der Waals surface area (Å²) in [7, 11) is 0. The molecule has 1 aromatic carbocycles. The Balaban J connectivity index is 0.000000644. The molecule has 1 aliphatic rings. The molecule has 0 aliphatic carbocycles. The van der Waals surface area contributed by atoms with Crippen LogP contribution in [-0.4, -0.2) is 25.7 Å². The fourth-order valence-corrected chi connectivity index (χ4v) is 3.30. The van der Waals surface area contributed by atoms with E-state index in [-0.39, 0.29) is 6.04 Å². The summed E-state index contributed by atoms with van der Waals surface area (Å²) in [5.74, 6) is 0. The highest BCUT2D eigenvalue weighted by atomic mass is 16.3. The number of rotatable bonds is 1. The van der Waals surface area contributed by atoms with E-state index >= 15 is 0 Å². The van der Waals surface area contributed by atoms with Crippen molar-refractivity contribution in [1.29, 1.82) is 0 Å². The van der Waals surface area contributed by atoms with Crippen molar-refractivity contribution in [3.05, 3.63) is 65.1 Å². The van der Waals surface area contributed by atoms with Gasteiger partial charge in [0.1, 0.15) is 12.2 Å². The van der Waals surface area contributed by atoms with E-state index in [4.69, 9.17) is 0 Å². The highest BCUT2D eigenvalue weighted by Gasteiger charge is 2.36. The number of hydrogen-bond acceptors (Lipinski definition) is 4. The Morgan fingerprint density at radius 2 is 1.48 bits per heavy atom. The van der Waals surface area contributed by atoms with Gasteiger partial charge in [-0.2, -0.15) is 0 Å². The smallest absolute Gasteiger partial charge is 0.161 e. The van der Waals surface area contributed by atoms with Crippen molar-refractivity contribution in [2.75, 3.05) is 5.32 Å².